The van der Waals surface area contributed by atoms with E-state index in [4.69, 9.17) is 16.3 Å². The van der Waals surface area contributed by atoms with Crippen LogP contribution in [-0.2, 0) is 20.5 Å². The second-order valence-electron chi connectivity index (χ2n) is 6.92. The van der Waals surface area contributed by atoms with E-state index in [-0.39, 0.29) is 23.2 Å². The fraction of sp³-hybridized carbons (Fsp3) is 0.381. The van der Waals surface area contributed by atoms with Gasteiger partial charge in [-0.15, -0.1) is 11.8 Å². The van der Waals surface area contributed by atoms with Crippen molar-refractivity contribution in [2.75, 3.05) is 44.9 Å². The first-order valence-corrected chi connectivity index (χ1v) is 14.1. The lowest BCUT2D eigenvalue weighted by molar-refractivity contribution is 0.0300. The van der Waals surface area contributed by atoms with Gasteiger partial charge in [0.25, 0.3) is 5.91 Å². The monoisotopic (exact) mass is 518 g/mol. The van der Waals surface area contributed by atoms with E-state index in [1.54, 1.807) is 23.1 Å². The first-order chi connectivity index (χ1) is 15.3. The molecule has 32 heavy (non-hydrogen) atoms. The molecule has 174 valence electrons. The quantitative estimate of drug-likeness (QED) is 0.401. The normalized spacial score (nSPS) is 14.5. The van der Waals surface area contributed by atoms with Crippen LogP contribution in [-0.4, -0.2) is 64.1 Å². The molecule has 1 N–H and O–H groups in total. The van der Waals surface area contributed by atoms with Gasteiger partial charge in [-0.1, -0.05) is 17.7 Å². The summed E-state index contributed by atoms with van der Waals surface area (Å²) in [6.07, 6.45) is 1.84. The van der Waals surface area contributed by atoms with E-state index in [1.807, 2.05) is 6.26 Å². The number of ether oxygens (including phenoxy) is 1. The Balaban J connectivity index is 1.62. The second-order valence-corrected chi connectivity index (χ2v) is 11.0. The number of amides is 1. The van der Waals surface area contributed by atoms with E-state index < -0.39 is 10.0 Å². The molecular formula is C21H24ClFN2O4S3. The van der Waals surface area contributed by atoms with Gasteiger partial charge in [-0.3, -0.25) is 4.79 Å². The summed E-state index contributed by atoms with van der Waals surface area (Å²) in [5.74, 6) is 0.198. The molecule has 2 aromatic carbocycles. The largest absolute Gasteiger partial charge is 0.378 e. The summed E-state index contributed by atoms with van der Waals surface area (Å²) >= 11 is 8.78. The number of hydrogen-bond acceptors (Lipinski definition) is 6. The van der Waals surface area contributed by atoms with Crippen LogP contribution >= 0.6 is 35.1 Å². The Bertz CT molecular complexity index is 1040. The van der Waals surface area contributed by atoms with Gasteiger partial charge in [-0.05, 0) is 36.6 Å². The van der Waals surface area contributed by atoms with Crippen molar-refractivity contribution in [3.8, 4) is 0 Å². The van der Waals surface area contributed by atoms with Crippen LogP contribution in [0.25, 0.3) is 0 Å². The molecule has 0 bridgehead atoms. The van der Waals surface area contributed by atoms with Gasteiger partial charge in [0.1, 0.15) is 5.82 Å². The van der Waals surface area contributed by atoms with Crippen molar-refractivity contribution in [2.45, 2.75) is 15.5 Å². The lowest BCUT2D eigenvalue weighted by Gasteiger charge is -2.27. The van der Waals surface area contributed by atoms with Crippen molar-refractivity contribution in [1.82, 2.24) is 9.62 Å². The molecular weight excluding hydrogens is 495 g/mol. The zero-order valence-corrected chi connectivity index (χ0v) is 20.7. The van der Waals surface area contributed by atoms with Crippen LogP contribution in [0.5, 0.6) is 0 Å². The minimum absolute atomic E-state index is 0.0362. The highest BCUT2D eigenvalue weighted by molar-refractivity contribution is 7.98. The number of sulfonamides is 1. The SMILES string of the molecule is CSc1ccc(S(=O)(=O)NCCSCc2c(F)cccc2Cl)cc1C(=O)N1CCOCC1. The van der Waals surface area contributed by atoms with Gasteiger partial charge in [0.2, 0.25) is 10.0 Å². The van der Waals surface area contributed by atoms with Gasteiger partial charge in [-0.2, -0.15) is 11.8 Å². The molecule has 1 fully saturated rings. The van der Waals surface area contributed by atoms with Crippen LogP contribution in [0.3, 0.4) is 0 Å². The molecule has 0 aromatic heterocycles. The molecule has 1 heterocycles. The summed E-state index contributed by atoms with van der Waals surface area (Å²) in [5, 5.41) is 0.351. The molecule has 0 aliphatic carbocycles. The highest BCUT2D eigenvalue weighted by atomic mass is 35.5. The molecule has 3 rings (SSSR count). The maximum absolute atomic E-state index is 13.8. The van der Waals surface area contributed by atoms with E-state index in [1.165, 1.54) is 41.7 Å². The van der Waals surface area contributed by atoms with Crippen molar-refractivity contribution in [3.05, 3.63) is 58.4 Å². The van der Waals surface area contributed by atoms with Gasteiger partial charge < -0.3 is 9.64 Å². The van der Waals surface area contributed by atoms with Crippen LogP contribution in [0.4, 0.5) is 4.39 Å². The number of benzene rings is 2. The minimum atomic E-state index is -3.80. The number of thioether (sulfide) groups is 2. The topological polar surface area (TPSA) is 75.7 Å². The molecule has 0 radical (unpaired) electrons. The van der Waals surface area contributed by atoms with Crippen LogP contribution in [0.1, 0.15) is 15.9 Å². The predicted molar refractivity (Wildman–Crippen MR) is 128 cm³/mol. The highest BCUT2D eigenvalue weighted by Crippen LogP contribution is 2.26. The number of rotatable bonds is 9. The van der Waals surface area contributed by atoms with Crippen LogP contribution in [0, 0.1) is 5.82 Å². The van der Waals surface area contributed by atoms with Gasteiger partial charge in [0, 0.05) is 46.6 Å². The molecule has 0 spiro atoms. The highest BCUT2D eigenvalue weighted by Gasteiger charge is 2.24. The Morgan fingerprint density at radius 3 is 2.69 bits per heavy atom. The van der Waals surface area contributed by atoms with Crippen molar-refractivity contribution in [3.63, 3.8) is 0 Å². The summed E-state index contributed by atoms with van der Waals surface area (Å²) in [5.41, 5.74) is 0.770. The van der Waals surface area contributed by atoms with Crippen molar-refractivity contribution >= 4 is 51.1 Å². The summed E-state index contributed by atoms with van der Waals surface area (Å²) in [6.45, 7) is 2.05. The third-order valence-corrected chi connectivity index (χ3v) is 8.45. The summed E-state index contributed by atoms with van der Waals surface area (Å²) < 4.78 is 47.2. The van der Waals surface area contributed by atoms with Crippen molar-refractivity contribution in [2.24, 2.45) is 0 Å². The van der Waals surface area contributed by atoms with Crippen molar-refractivity contribution in [1.29, 1.82) is 0 Å². The first kappa shape index (κ1) is 25.3. The minimum Gasteiger partial charge on any atom is -0.378 e. The van der Waals surface area contributed by atoms with E-state index in [2.05, 4.69) is 4.72 Å². The third kappa shape index (κ3) is 6.39. The van der Waals surface area contributed by atoms with Crippen LogP contribution < -0.4 is 4.72 Å². The van der Waals surface area contributed by atoms with Gasteiger partial charge in [0.15, 0.2) is 0 Å². The number of hydrogen-bond donors (Lipinski definition) is 1. The Kier molecular flexibility index (Phi) is 9.27. The lowest BCUT2D eigenvalue weighted by atomic mass is 10.2. The Morgan fingerprint density at radius 2 is 2.00 bits per heavy atom. The summed E-state index contributed by atoms with van der Waals surface area (Å²) in [4.78, 5) is 15.4. The molecule has 0 saturated carbocycles. The maximum atomic E-state index is 13.8. The van der Waals surface area contributed by atoms with E-state index in [0.29, 0.717) is 54.0 Å². The fourth-order valence-electron chi connectivity index (χ4n) is 3.13. The average Bonchev–Trinajstić information content (AvgIpc) is 2.80. The number of nitrogens with one attached hydrogen (secondary N) is 1. The number of carbonyl (C=O) groups is 1. The van der Waals surface area contributed by atoms with Gasteiger partial charge in [-0.25, -0.2) is 17.5 Å². The Hall–Kier alpha value is -1.30. The molecule has 1 aliphatic heterocycles. The van der Waals surface area contributed by atoms with E-state index in [9.17, 15) is 17.6 Å². The summed E-state index contributed by atoms with van der Waals surface area (Å²) in [7, 11) is -3.80. The standard InChI is InChI=1S/C21H24ClFN2O4S3/c1-30-20-6-5-15(13-16(20)21(26)25-8-10-29-11-9-25)32(27,28)24-7-12-31-14-17-18(22)3-2-4-19(17)23/h2-6,13,24H,7-12,14H2,1H3. The average molecular weight is 519 g/mol. The van der Waals surface area contributed by atoms with Crippen LogP contribution in [0.2, 0.25) is 5.02 Å². The van der Waals surface area contributed by atoms with Gasteiger partial charge >= 0.3 is 0 Å². The zero-order chi connectivity index (χ0) is 23.1. The number of morpholine rings is 1. The molecule has 1 amide bonds. The Labute approximate surface area is 201 Å². The molecule has 2 aromatic rings. The number of halogens is 2. The lowest BCUT2D eigenvalue weighted by Crippen LogP contribution is -2.41. The van der Waals surface area contributed by atoms with E-state index >= 15 is 0 Å². The number of carbonyl (C=O) groups excluding carboxylic acids is 1. The fourth-order valence-corrected chi connectivity index (χ4v) is 6.09. The van der Waals surface area contributed by atoms with E-state index in [0.717, 1.165) is 4.90 Å². The molecule has 0 unspecified atom stereocenters. The maximum Gasteiger partial charge on any atom is 0.255 e. The predicted octanol–water partition coefficient (Wildman–Crippen LogP) is 3.89. The molecule has 1 saturated heterocycles. The number of nitrogens with zero attached hydrogens (tertiary/aromatic N) is 1. The molecule has 1 aliphatic rings. The zero-order valence-electron chi connectivity index (χ0n) is 17.5. The molecule has 6 nitrogen and oxygen atoms in total. The van der Waals surface area contributed by atoms with Crippen molar-refractivity contribution < 1.29 is 22.3 Å². The molecule has 11 heteroatoms. The summed E-state index contributed by atoms with van der Waals surface area (Å²) in [6, 6.07) is 9.09. The van der Waals surface area contributed by atoms with Crippen LogP contribution in [0.15, 0.2) is 46.2 Å². The Morgan fingerprint density at radius 1 is 1.25 bits per heavy atom. The second kappa shape index (κ2) is 11.7. The first-order valence-electron chi connectivity index (χ1n) is 9.89. The smallest absolute Gasteiger partial charge is 0.255 e. The third-order valence-electron chi connectivity index (χ3n) is 4.86. The molecule has 0 atom stereocenters. The van der Waals surface area contributed by atoms with Gasteiger partial charge in [0.05, 0.1) is 23.7 Å².